The molecule has 0 saturated carbocycles. The first-order chi connectivity index (χ1) is 24.7. The number of benzene rings is 6. The third kappa shape index (κ3) is 6.08. The van der Waals surface area contributed by atoms with Crippen molar-refractivity contribution in [3.05, 3.63) is 178 Å². The van der Waals surface area contributed by atoms with Crippen LogP contribution in [0.5, 0.6) is 0 Å². The van der Waals surface area contributed by atoms with Gasteiger partial charge in [-0.2, -0.15) is 0 Å². The molecule has 8 rings (SSSR count). The van der Waals surface area contributed by atoms with Gasteiger partial charge >= 0.3 is 0 Å². The molecule has 6 aromatic carbocycles. The molecule has 1 heterocycles. The molecule has 51 heavy (non-hydrogen) atoms. The number of halogens is 1. The number of fused-ring (bicyclic) bond motifs is 3. The Labute approximate surface area is 313 Å². The number of nitrogens with zero attached hydrogens (tertiary/aromatic N) is 3. The Morgan fingerprint density at radius 2 is 1.20 bits per heavy atom. The van der Waals surface area contributed by atoms with Gasteiger partial charge in [0.2, 0.25) is 0 Å². The molecule has 6 heteroatoms. The van der Waals surface area contributed by atoms with Crippen LogP contribution in [0, 0.1) is 4.91 Å². The highest BCUT2D eigenvalue weighted by Crippen LogP contribution is 2.50. The molecule has 1 aliphatic carbocycles. The van der Waals surface area contributed by atoms with Crippen molar-refractivity contribution in [1.82, 2.24) is 5.32 Å². The molecule has 5 nitrogen and oxygen atoms in total. The van der Waals surface area contributed by atoms with Crippen molar-refractivity contribution in [3.63, 3.8) is 0 Å². The van der Waals surface area contributed by atoms with E-state index in [-0.39, 0.29) is 11.6 Å². The van der Waals surface area contributed by atoms with E-state index in [1.54, 1.807) is 0 Å². The second kappa shape index (κ2) is 13.1. The van der Waals surface area contributed by atoms with E-state index < -0.39 is 0 Å². The van der Waals surface area contributed by atoms with Gasteiger partial charge in [-0.05, 0) is 86.0 Å². The zero-order chi connectivity index (χ0) is 35.3. The number of nitroso groups, excluding NO2 is 1. The van der Waals surface area contributed by atoms with Crippen molar-refractivity contribution < 1.29 is 4.76 Å². The Balaban J connectivity index is 1.16. The maximum Gasteiger partial charge on any atom is 0.279 e. The fourth-order valence-corrected chi connectivity index (χ4v) is 7.80. The van der Waals surface area contributed by atoms with E-state index >= 15 is 0 Å². The van der Waals surface area contributed by atoms with Gasteiger partial charge in [0.1, 0.15) is 11.9 Å². The van der Waals surface area contributed by atoms with Crippen LogP contribution in [0.25, 0.3) is 39.1 Å². The van der Waals surface area contributed by atoms with Gasteiger partial charge in [0.15, 0.2) is 7.05 Å². The summed E-state index contributed by atoms with van der Waals surface area (Å²) in [6, 6.07) is 49.4. The summed E-state index contributed by atoms with van der Waals surface area (Å²) in [6.07, 6.45) is 1.95. The average molecular weight is 778 g/mol. The Kier molecular flexibility index (Phi) is 8.43. The number of hydrogen-bond acceptors (Lipinski definition) is 4. The third-order valence-electron chi connectivity index (χ3n) is 10.2. The van der Waals surface area contributed by atoms with E-state index in [2.05, 4.69) is 169 Å². The number of rotatable bonds is 7. The minimum Gasteiger partial charge on any atom is -0.360 e. The van der Waals surface area contributed by atoms with Crippen LogP contribution in [0.2, 0.25) is 0 Å². The fraction of sp³-hybridized carbons (Fsp3) is 0.133. The maximum absolute atomic E-state index is 12.2. The summed E-state index contributed by atoms with van der Waals surface area (Å²) in [5, 5.41) is 3.72. The zero-order valence-corrected chi connectivity index (χ0v) is 31.2. The lowest BCUT2D eigenvalue weighted by molar-refractivity contribution is -0.427. The summed E-state index contributed by atoms with van der Waals surface area (Å²) < 4.78 is 2.85. The van der Waals surface area contributed by atoms with Gasteiger partial charge in [-0.25, -0.2) is 0 Å². The first-order valence-corrected chi connectivity index (χ1v) is 18.2. The van der Waals surface area contributed by atoms with Crippen molar-refractivity contribution in [3.8, 4) is 33.4 Å². The molecule has 1 unspecified atom stereocenters. The van der Waals surface area contributed by atoms with Gasteiger partial charge in [-0.3, -0.25) is 4.99 Å². The molecular formula is C45H38IN4O+. The topological polar surface area (TPSA) is 47.7 Å². The second-order valence-electron chi connectivity index (χ2n) is 13.8. The van der Waals surface area contributed by atoms with Crippen LogP contribution in [0.3, 0.4) is 0 Å². The number of hydrogen-bond donors (Lipinski definition) is 1. The number of aliphatic imine (C=N–C) groups is 1. The van der Waals surface area contributed by atoms with E-state index in [9.17, 15) is 4.91 Å². The molecule has 6 aromatic rings. The summed E-state index contributed by atoms with van der Waals surface area (Å²) in [6.45, 7) is 4.67. The first kappa shape index (κ1) is 32.8. The Hall–Kier alpha value is -5.34. The van der Waals surface area contributed by atoms with Crippen LogP contribution < -0.4 is 8.43 Å². The molecule has 1 aliphatic heterocycles. The molecule has 1 N–H and O–H groups in total. The molecular weight excluding hydrogens is 739 g/mol. The summed E-state index contributed by atoms with van der Waals surface area (Å²) in [5.74, 6) is 0. The molecule has 2 aliphatic rings. The minimum atomic E-state index is -0.230. The number of allylic oxidation sites excluding steroid dienone is 1. The molecule has 0 saturated heterocycles. The molecule has 0 radical (unpaired) electrons. The van der Waals surface area contributed by atoms with Crippen molar-refractivity contribution in [2.24, 2.45) is 4.99 Å². The van der Waals surface area contributed by atoms with Crippen molar-refractivity contribution in [1.29, 1.82) is 0 Å². The van der Waals surface area contributed by atoms with Crippen LogP contribution in [0.4, 0.5) is 11.4 Å². The summed E-state index contributed by atoms with van der Waals surface area (Å²) in [4.78, 5) is 17.4. The van der Waals surface area contributed by atoms with Crippen molar-refractivity contribution >= 4 is 45.6 Å². The normalized spacial score (nSPS) is 15.6. The lowest BCUT2D eigenvalue weighted by Crippen LogP contribution is -2.25. The molecule has 250 valence electrons. The van der Waals surface area contributed by atoms with Crippen LogP contribution in [-0.4, -0.2) is 24.6 Å². The first-order valence-electron chi connectivity index (χ1n) is 17.2. The second-order valence-corrected chi connectivity index (χ2v) is 15.2. The van der Waals surface area contributed by atoms with Crippen LogP contribution in [0.1, 0.15) is 47.8 Å². The highest BCUT2D eigenvalue weighted by atomic mass is 127. The smallest absolute Gasteiger partial charge is 0.279 e. The molecule has 0 fully saturated rings. The maximum atomic E-state index is 12.2. The molecule has 0 aromatic heterocycles. The van der Waals surface area contributed by atoms with E-state index in [4.69, 9.17) is 4.99 Å². The van der Waals surface area contributed by atoms with Gasteiger partial charge < -0.3 is 8.43 Å². The van der Waals surface area contributed by atoms with Crippen molar-refractivity contribution in [2.75, 3.05) is 17.2 Å². The molecule has 1 atom stereocenters. The van der Waals surface area contributed by atoms with E-state index in [1.165, 1.54) is 40.4 Å². The Morgan fingerprint density at radius 3 is 1.84 bits per heavy atom. The third-order valence-corrected chi connectivity index (χ3v) is 10.7. The fourth-order valence-electron chi connectivity index (χ4n) is 7.42. The standard InChI is InChI=1S/C45H38IN4O/c1-45(2)38-25-33(29-11-7-5-8-12-29)19-22-36(38)37-23-20-35(26-39(37)45)41-28-40(47-44(48-41)32-13-9-6-10-14-32)31-17-15-30(16-18-31)34-21-24-42(50(4)51)43(27-34)49(3)46/h5-28,44,47H,1-4H3/q+1. The van der Waals surface area contributed by atoms with Crippen molar-refractivity contribution in [2.45, 2.75) is 25.4 Å². The largest absolute Gasteiger partial charge is 0.360 e. The van der Waals surface area contributed by atoms with Gasteiger partial charge in [0.05, 0.1) is 28.6 Å². The Bertz CT molecular complexity index is 2360. The lowest BCUT2D eigenvalue weighted by Gasteiger charge is -2.26. The lowest BCUT2D eigenvalue weighted by atomic mass is 9.81. The van der Waals surface area contributed by atoms with E-state index in [0.29, 0.717) is 5.69 Å². The SMILES string of the molecule is CN(I)c1cc(-c2ccc(C3=CC(c4ccc5c(c4)C(C)(C)c4cc(-c6ccccc6)ccc4-5)=NC(c4ccccc4)N3)cc2)ccc1[N+](C)=O. The predicted octanol–water partition coefficient (Wildman–Crippen LogP) is 11.3. The van der Waals surface area contributed by atoms with Gasteiger partial charge in [-0.15, -0.1) is 0 Å². The molecule has 0 spiro atoms. The Morgan fingerprint density at radius 1 is 0.667 bits per heavy atom. The minimum absolute atomic E-state index is 0.159. The van der Waals surface area contributed by atoms with Crippen LogP contribution in [-0.2, 0) is 5.41 Å². The van der Waals surface area contributed by atoms with Gasteiger partial charge in [-0.1, -0.05) is 123 Å². The summed E-state index contributed by atoms with van der Waals surface area (Å²) in [5.41, 5.74) is 16.5. The monoisotopic (exact) mass is 777 g/mol. The highest BCUT2D eigenvalue weighted by molar-refractivity contribution is 14.1. The quantitative estimate of drug-likeness (QED) is 0.0998. The summed E-state index contributed by atoms with van der Waals surface area (Å²) >= 11 is 2.21. The predicted molar refractivity (Wildman–Crippen MR) is 220 cm³/mol. The van der Waals surface area contributed by atoms with E-state index in [0.717, 1.165) is 49.7 Å². The summed E-state index contributed by atoms with van der Waals surface area (Å²) in [7, 11) is 3.48. The van der Waals surface area contributed by atoms with Crippen LogP contribution >= 0.6 is 22.9 Å². The number of anilines is 1. The molecule has 0 amide bonds. The van der Waals surface area contributed by atoms with Gasteiger partial charge in [0, 0.05) is 39.5 Å². The zero-order valence-electron chi connectivity index (χ0n) is 29.1. The number of nitrogens with one attached hydrogen (secondary N) is 1. The van der Waals surface area contributed by atoms with Gasteiger partial charge in [0.25, 0.3) is 5.69 Å². The van der Waals surface area contributed by atoms with Crippen LogP contribution in [0.15, 0.2) is 151 Å². The van der Waals surface area contributed by atoms with E-state index in [1.807, 2.05) is 28.4 Å². The highest BCUT2D eigenvalue weighted by Gasteiger charge is 2.36. The average Bonchev–Trinajstić information content (AvgIpc) is 3.40. The molecule has 0 bridgehead atoms.